The van der Waals surface area contributed by atoms with E-state index in [0.29, 0.717) is 17.2 Å². The molecule has 0 spiro atoms. The van der Waals surface area contributed by atoms with Gasteiger partial charge in [0.05, 0.1) is 14.2 Å². The number of anilines is 1. The highest BCUT2D eigenvalue weighted by Crippen LogP contribution is 2.29. The van der Waals surface area contributed by atoms with Gasteiger partial charge in [0.15, 0.2) is 17.5 Å². The van der Waals surface area contributed by atoms with Crippen LogP contribution in [0.25, 0.3) is 0 Å². The topological polar surface area (TPSA) is 88.1 Å². The summed E-state index contributed by atoms with van der Waals surface area (Å²) in [6.07, 6.45) is 0. The zero-order valence-electron chi connectivity index (χ0n) is 17.4. The molecule has 2 rings (SSSR count). The summed E-state index contributed by atoms with van der Waals surface area (Å²) in [7, 11) is 2.67. The van der Waals surface area contributed by atoms with Gasteiger partial charge in [-0.3, -0.25) is 4.79 Å². The molecule has 0 fully saturated rings. The van der Waals surface area contributed by atoms with E-state index in [1.54, 1.807) is 18.2 Å². The molecule has 2 N–H and O–H groups in total. The van der Waals surface area contributed by atoms with Gasteiger partial charge in [0.2, 0.25) is 0 Å². The Labute approximate surface area is 171 Å². The molecular weight excluding hydrogens is 372 g/mol. The predicted molar refractivity (Wildman–Crippen MR) is 111 cm³/mol. The molecule has 0 aliphatic rings. The number of phenolic OH excluding ortho intramolecular Hbond substituents is 1. The number of benzene rings is 2. The Balaban J connectivity index is 2.24. The maximum Gasteiger partial charge on any atom is 0.333 e. The minimum atomic E-state index is -1.06. The molecule has 156 valence electrons. The Kier molecular flexibility index (Phi) is 7.47. The minimum Gasteiger partial charge on any atom is -0.504 e. The normalized spacial score (nSPS) is 11.7. The molecule has 0 saturated heterocycles. The van der Waals surface area contributed by atoms with Crippen LogP contribution in [-0.2, 0) is 9.53 Å². The van der Waals surface area contributed by atoms with Gasteiger partial charge in [0, 0.05) is 23.8 Å². The fraction of sp³-hybridized carbons (Fsp3) is 0.364. The average molecular weight is 400 g/mol. The molecule has 1 unspecified atom stereocenters. The second kappa shape index (κ2) is 9.82. The van der Waals surface area contributed by atoms with Crippen LogP contribution in [0.15, 0.2) is 42.5 Å². The third kappa shape index (κ3) is 5.19. The minimum absolute atomic E-state index is 0.133. The molecule has 2 aromatic rings. The van der Waals surface area contributed by atoms with Crippen molar-refractivity contribution in [2.24, 2.45) is 0 Å². The summed E-state index contributed by atoms with van der Waals surface area (Å²) in [4.78, 5) is 27.2. The van der Waals surface area contributed by atoms with Gasteiger partial charge in [0.1, 0.15) is 0 Å². The molecule has 0 aliphatic carbocycles. The number of methoxy groups -OCH3 is 2. The van der Waals surface area contributed by atoms with Gasteiger partial charge >= 0.3 is 5.97 Å². The lowest BCUT2D eigenvalue weighted by Crippen LogP contribution is -2.34. The number of amides is 1. The quantitative estimate of drug-likeness (QED) is 0.661. The van der Waals surface area contributed by atoms with E-state index in [1.165, 1.54) is 26.4 Å². The van der Waals surface area contributed by atoms with E-state index in [0.717, 1.165) is 12.2 Å². The molecular formula is C22H28N2O5. The Morgan fingerprint density at radius 3 is 2.24 bits per heavy atom. The van der Waals surface area contributed by atoms with Gasteiger partial charge < -0.3 is 24.8 Å². The van der Waals surface area contributed by atoms with Crippen LogP contribution in [0.4, 0.5) is 5.69 Å². The molecule has 0 aromatic heterocycles. The lowest BCUT2D eigenvalue weighted by atomic mass is 10.1. The number of ether oxygens (including phenoxy) is 2. The number of hydrogen-bond acceptors (Lipinski definition) is 6. The van der Waals surface area contributed by atoms with E-state index >= 15 is 0 Å². The molecule has 2 aromatic carbocycles. The third-order valence-corrected chi connectivity index (χ3v) is 4.67. The molecule has 0 heterocycles. The van der Waals surface area contributed by atoms with Crippen molar-refractivity contribution in [3.63, 3.8) is 0 Å². The monoisotopic (exact) mass is 400 g/mol. The Morgan fingerprint density at radius 2 is 1.76 bits per heavy atom. The largest absolute Gasteiger partial charge is 0.504 e. The second-order valence-corrected chi connectivity index (χ2v) is 6.79. The highest BCUT2D eigenvalue weighted by molar-refractivity contribution is 5.97. The molecule has 7 heteroatoms. The number of hydrogen-bond donors (Lipinski definition) is 2. The van der Waals surface area contributed by atoms with E-state index in [2.05, 4.69) is 31.0 Å². The molecule has 0 radical (unpaired) electrons. The van der Waals surface area contributed by atoms with Gasteiger partial charge in [0.25, 0.3) is 5.91 Å². The van der Waals surface area contributed by atoms with E-state index in [9.17, 15) is 14.7 Å². The molecule has 0 bridgehead atoms. The molecule has 1 atom stereocenters. The van der Waals surface area contributed by atoms with Crippen LogP contribution in [0.3, 0.4) is 0 Å². The van der Waals surface area contributed by atoms with Crippen molar-refractivity contribution >= 4 is 17.6 Å². The fourth-order valence-corrected chi connectivity index (χ4v) is 3.15. The fourth-order valence-electron chi connectivity index (χ4n) is 3.15. The second-order valence-electron chi connectivity index (χ2n) is 6.79. The number of carbonyl (C=O) groups is 2. The lowest BCUT2D eigenvalue weighted by Gasteiger charge is -2.27. The van der Waals surface area contributed by atoms with Crippen molar-refractivity contribution in [2.75, 3.05) is 25.7 Å². The highest BCUT2D eigenvalue weighted by atomic mass is 16.5. The number of aromatic hydroxyl groups is 1. The summed E-state index contributed by atoms with van der Waals surface area (Å²) in [5, 5.41) is 12.7. The van der Waals surface area contributed by atoms with Gasteiger partial charge in [-0.15, -0.1) is 0 Å². The summed E-state index contributed by atoms with van der Waals surface area (Å²) < 4.78 is 9.83. The van der Waals surface area contributed by atoms with Gasteiger partial charge in [-0.1, -0.05) is 6.07 Å². The zero-order valence-corrected chi connectivity index (χ0v) is 17.4. The summed E-state index contributed by atoms with van der Waals surface area (Å²) in [6.45, 7) is 7.14. The molecule has 1 amide bonds. The Hall–Kier alpha value is -3.22. The average Bonchev–Trinajstić information content (AvgIpc) is 2.72. The number of nitrogens with one attached hydrogen (secondary N) is 1. The first-order valence-electron chi connectivity index (χ1n) is 9.44. The highest BCUT2D eigenvalue weighted by Gasteiger charge is 2.25. The third-order valence-electron chi connectivity index (χ3n) is 4.67. The van der Waals surface area contributed by atoms with Crippen LogP contribution in [-0.4, -0.2) is 43.8 Å². The summed E-state index contributed by atoms with van der Waals surface area (Å²) in [5.41, 5.74) is 1.82. The number of carbonyl (C=O) groups excluding carboxylic acids is 2. The van der Waals surface area contributed by atoms with Crippen LogP contribution < -0.4 is 15.0 Å². The van der Waals surface area contributed by atoms with E-state index in [-0.39, 0.29) is 11.5 Å². The smallest absolute Gasteiger partial charge is 0.333 e. The van der Waals surface area contributed by atoms with E-state index in [4.69, 9.17) is 9.47 Å². The Morgan fingerprint density at radius 1 is 1.10 bits per heavy atom. The number of esters is 1. The lowest BCUT2D eigenvalue weighted by molar-refractivity contribution is -0.143. The standard InChI is InChI=1S/C22H28N2O5/c1-6-24(14(2)3)17-10-7-15(8-11-17)21(26)23-20(22(27)29-5)16-9-12-19(28-4)18(25)13-16/h7-14,20,25H,6H2,1-5H3,(H,23,26). The summed E-state index contributed by atoms with van der Waals surface area (Å²) >= 11 is 0. The van der Waals surface area contributed by atoms with E-state index in [1.807, 2.05) is 12.1 Å². The van der Waals surface area contributed by atoms with Gasteiger partial charge in [-0.05, 0) is 62.7 Å². The van der Waals surface area contributed by atoms with Crippen molar-refractivity contribution in [3.05, 3.63) is 53.6 Å². The van der Waals surface area contributed by atoms with Crippen molar-refractivity contribution in [1.82, 2.24) is 5.32 Å². The summed E-state index contributed by atoms with van der Waals surface area (Å²) in [6, 6.07) is 10.9. The molecule has 7 nitrogen and oxygen atoms in total. The van der Waals surface area contributed by atoms with Crippen molar-refractivity contribution in [2.45, 2.75) is 32.9 Å². The number of rotatable bonds is 8. The molecule has 29 heavy (non-hydrogen) atoms. The van der Waals surface area contributed by atoms with E-state index < -0.39 is 17.9 Å². The van der Waals surface area contributed by atoms with Crippen molar-refractivity contribution in [1.29, 1.82) is 0 Å². The summed E-state index contributed by atoms with van der Waals surface area (Å²) in [5.74, 6) is -0.929. The van der Waals surface area contributed by atoms with Crippen LogP contribution in [0.2, 0.25) is 0 Å². The van der Waals surface area contributed by atoms with Crippen LogP contribution in [0.5, 0.6) is 11.5 Å². The van der Waals surface area contributed by atoms with Crippen molar-refractivity contribution in [3.8, 4) is 11.5 Å². The first-order chi connectivity index (χ1) is 13.8. The van der Waals surface area contributed by atoms with Crippen LogP contribution in [0, 0.1) is 0 Å². The molecule has 0 saturated carbocycles. The molecule has 0 aliphatic heterocycles. The van der Waals surface area contributed by atoms with Gasteiger partial charge in [-0.2, -0.15) is 0 Å². The van der Waals surface area contributed by atoms with Gasteiger partial charge in [-0.25, -0.2) is 4.79 Å². The Bertz CT molecular complexity index is 849. The van der Waals surface area contributed by atoms with Crippen molar-refractivity contribution < 1.29 is 24.2 Å². The maximum absolute atomic E-state index is 12.7. The SMILES string of the molecule is CCN(c1ccc(C(=O)NC(C(=O)OC)c2ccc(OC)c(O)c2)cc1)C(C)C. The van der Waals surface area contributed by atoms with Crippen LogP contribution in [0.1, 0.15) is 42.7 Å². The van der Waals surface area contributed by atoms with Crippen LogP contribution >= 0.6 is 0 Å². The number of phenols is 1. The zero-order chi connectivity index (χ0) is 21.6. The predicted octanol–water partition coefficient (Wildman–Crippen LogP) is 3.28. The first-order valence-corrected chi connectivity index (χ1v) is 9.44. The number of nitrogens with zero attached hydrogens (tertiary/aromatic N) is 1. The first kappa shape index (κ1) is 22.1. The maximum atomic E-state index is 12.7.